The van der Waals surface area contributed by atoms with E-state index in [2.05, 4.69) is 15.3 Å². The molecule has 0 saturated heterocycles. The zero-order valence-electron chi connectivity index (χ0n) is 10.9. The van der Waals surface area contributed by atoms with E-state index >= 15 is 0 Å². The highest BCUT2D eigenvalue weighted by Crippen LogP contribution is 2.19. The first-order valence-corrected chi connectivity index (χ1v) is 5.54. The molecule has 0 atom stereocenters. The van der Waals surface area contributed by atoms with E-state index in [4.69, 9.17) is 9.47 Å². The fourth-order valence-electron chi connectivity index (χ4n) is 1.37. The summed E-state index contributed by atoms with van der Waals surface area (Å²) in [5, 5.41) is 3.10. The molecule has 0 radical (unpaired) electrons. The quantitative estimate of drug-likeness (QED) is 0.702. The summed E-state index contributed by atoms with van der Waals surface area (Å²) in [5.74, 6) is 1.62. The van der Waals surface area contributed by atoms with E-state index in [1.807, 2.05) is 19.0 Å². The Bertz CT molecular complexity index is 324. The fourth-order valence-corrected chi connectivity index (χ4v) is 1.37. The van der Waals surface area contributed by atoms with Gasteiger partial charge in [0.25, 0.3) is 0 Å². The minimum atomic E-state index is 0.507. The van der Waals surface area contributed by atoms with Gasteiger partial charge in [-0.15, -0.1) is 0 Å². The second-order valence-corrected chi connectivity index (χ2v) is 3.63. The van der Waals surface area contributed by atoms with E-state index in [1.54, 1.807) is 20.3 Å². The first kappa shape index (κ1) is 13.5. The van der Waals surface area contributed by atoms with E-state index in [1.165, 1.54) is 0 Å². The van der Waals surface area contributed by atoms with E-state index in [-0.39, 0.29) is 0 Å². The summed E-state index contributed by atoms with van der Waals surface area (Å²) in [7, 11) is 7.04. The molecule has 0 aromatic carbocycles. The van der Waals surface area contributed by atoms with Gasteiger partial charge in [-0.05, 0) is 20.0 Å². The van der Waals surface area contributed by atoms with Crippen LogP contribution >= 0.6 is 0 Å². The van der Waals surface area contributed by atoms with Crippen molar-refractivity contribution in [1.29, 1.82) is 0 Å². The molecule has 1 aromatic rings. The third kappa shape index (κ3) is 4.07. The Hall–Kier alpha value is -1.56. The van der Waals surface area contributed by atoms with Crippen molar-refractivity contribution in [3.8, 4) is 11.8 Å². The monoisotopic (exact) mass is 240 g/mol. The van der Waals surface area contributed by atoms with Gasteiger partial charge in [0.05, 0.1) is 20.3 Å². The maximum Gasteiger partial charge on any atom is 0.231 e. The van der Waals surface area contributed by atoms with Crippen molar-refractivity contribution in [2.75, 3.05) is 46.3 Å². The number of hydrogen-bond donors (Lipinski definition) is 1. The second kappa shape index (κ2) is 6.90. The first-order valence-electron chi connectivity index (χ1n) is 5.54. The van der Waals surface area contributed by atoms with Crippen LogP contribution < -0.4 is 19.7 Å². The molecule has 96 valence electrons. The van der Waals surface area contributed by atoms with Crippen molar-refractivity contribution in [2.45, 2.75) is 6.42 Å². The van der Waals surface area contributed by atoms with Crippen molar-refractivity contribution in [2.24, 2.45) is 0 Å². The molecular weight excluding hydrogens is 220 g/mol. The number of nitrogens with zero attached hydrogens (tertiary/aromatic N) is 3. The summed E-state index contributed by atoms with van der Waals surface area (Å²) >= 11 is 0. The lowest BCUT2D eigenvalue weighted by Crippen LogP contribution is -2.24. The molecule has 6 nitrogen and oxygen atoms in total. The van der Waals surface area contributed by atoms with Gasteiger partial charge in [0.1, 0.15) is 0 Å². The van der Waals surface area contributed by atoms with Crippen molar-refractivity contribution in [1.82, 2.24) is 15.3 Å². The fraction of sp³-hybridized carbons (Fsp3) is 0.636. The summed E-state index contributed by atoms with van der Waals surface area (Å²) in [6, 6.07) is 1.66. The van der Waals surface area contributed by atoms with Gasteiger partial charge >= 0.3 is 0 Å². The number of anilines is 1. The number of aromatic nitrogens is 2. The Balaban J connectivity index is 2.73. The maximum absolute atomic E-state index is 5.10. The minimum Gasteiger partial charge on any atom is -0.481 e. The van der Waals surface area contributed by atoms with Crippen LogP contribution in [0.15, 0.2) is 6.07 Å². The predicted molar refractivity (Wildman–Crippen MR) is 66.9 cm³/mol. The van der Waals surface area contributed by atoms with Gasteiger partial charge < -0.3 is 19.7 Å². The Morgan fingerprint density at radius 2 is 1.82 bits per heavy atom. The molecule has 1 aromatic heterocycles. The Morgan fingerprint density at radius 3 is 2.29 bits per heavy atom. The molecule has 0 bridgehead atoms. The molecule has 0 aliphatic carbocycles. The highest BCUT2D eigenvalue weighted by molar-refractivity contribution is 5.35. The number of hydrogen-bond acceptors (Lipinski definition) is 6. The van der Waals surface area contributed by atoms with Crippen LogP contribution in [0.5, 0.6) is 11.8 Å². The molecule has 1 rings (SSSR count). The van der Waals surface area contributed by atoms with Crippen LogP contribution in [0.25, 0.3) is 0 Å². The first-order chi connectivity index (χ1) is 8.21. The lowest BCUT2D eigenvalue weighted by molar-refractivity contribution is 0.371. The van der Waals surface area contributed by atoms with Crippen molar-refractivity contribution in [3.63, 3.8) is 0 Å². The lowest BCUT2D eigenvalue weighted by atomic mass is 10.4. The Kier molecular flexibility index (Phi) is 5.48. The van der Waals surface area contributed by atoms with Gasteiger partial charge in [-0.25, -0.2) is 0 Å². The summed E-state index contributed by atoms with van der Waals surface area (Å²) < 4.78 is 10.2. The maximum atomic E-state index is 5.10. The molecule has 0 amide bonds. The molecule has 0 fully saturated rings. The number of rotatable bonds is 7. The zero-order valence-corrected chi connectivity index (χ0v) is 10.9. The molecule has 6 heteroatoms. The van der Waals surface area contributed by atoms with E-state index < -0.39 is 0 Å². The lowest BCUT2D eigenvalue weighted by Gasteiger charge is -2.17. The number of methoxy groups -OCH3 is 2. The van der Waals surface area contributed by atoms with Gasteiger partial charge in [-0.3, -0.25) is 0 Å². The highest BCUT2D eigenvalue weighted by Gasteiger charge is 2.09. The average Bonchev–Trinajstić information content (AvgIpc) is 2.38. The second-order valence-electron chi connectivity index (χ2n) is 3.63. The summed E-state index contributed by atoms with van der Waals surface area (Å²) in [5.41, 5.74) is 0. The van der Waals surface area contributed by atoms with Crippen LogP contribution in [0, 0.1) is 0 Å². The van der Waals surface area contributed by atoms with Crippen LogP contribution in [0.1, 0.15) is 6.42 Å². The number of nitrogens with one attached hydrogen (secondary N) is 1. The van der Waals surface area contributed by atoms with Crippen LogP contribution in [0.2, 0.25) is 0 Å². The normalized spacial score (nSPS) is 10.1. The third-order valence-electron chi connectivity index (χ3n) is 2.35. The highest BCUT2D eigenvalue weighted by atomic mass is 16.5. The molecule has 0 aliphatic rings. The molecule has 1 N–H and O–H groups in total. The van der Waals surface area contributed by atoms with Crippen LogP contribution in [-0.2, 0) is 0 Å². The minimum absolute atomic E-state index is 0.507. The molecule has 1 heterocycles. The summed E-state index contributed by atoms with van der Waals surface area (Å²) in [6.45, 7) is 1.84. The Labute approximate surface area is 102 Å². The van der Waals surface area contributed by atoms with Crippen LogP contribution in [0.4, 0.5) is 5.95 Å². The Morgan fingerprint density at radius 1 is 1.24 bits per heavy atom. The van der Waals surface area contributed by atoms with Crippen molar-refractivity contribution < 1.29 is 9.47 Å². The molecular formula is C11H20N4O2. The summed E-state index contributed by atoms with van der Waals surface area (Å²) in [6.07, 6.45) is 1.02. The topological polar surface area (TPSA) is 59.5 Å². The molecule has 0 unspecified atom stereocenters. The van der Waals surface area contributed by atoms with Crippen molar-refractivity contribution in [3.05, 3.63) is 6.07 Å². The predicted octanol–water partition coefficient (Wildman–Crippen LogP) is 0.539. The van der Waals surface area contributed by atoms with Crippen LogP contribution in [-0.4, -0.2) is 51.4 Å². The molecule has 0 spiro atoms. The van der Waals surface area contributed by atoms with Gasteiger partial charge in [0, 0.05) is 13.6 Å². The van der Waals surface area contributed by atoms with Crippen LogP contribution in [0.3, 0.4) is 0 Å². The molecule has 0 aliphatic heterocycles. The van der Waals surface area contributed by atoms with Gasteiger partial charge in [0.15, 0.2) is 0 Å². The largest absolute Gasteiger partial charge is 0.481 e. The smallest absolute Gasteiger partial charge is 0.231 e. The van der Waals surface area contributed by atoms with E-state index in [0.29, 0.717) is 17.7 Å². The molecule has 0 saturated carbocycles. The zero-order chi connectivity index (χ0) is 12.7. The van der Waals surface area contributed by atoms with Crippen molar-refractivity contribution >= 4 is 5.95 Å². The van der Waals surface area contributed by atoms with Gasteiger partial charge in [-0.1, -0.05) is 0 Å². The summed E-state index contributed by atoms with van der Waals surface area (Å²) in [4.78, 5) is 10.5. The SMILES string of the molecule is CNCCCN(C)c1nc(OC)cc(OC)n1. The van der Waals surface area contributed by atoms with Gasteiger partial charge in [-0.2, -0.15) is 9.97 Å². The number of ether oxygens (including phenoxy) is 2. The van der Waals surface area contributed by atoms with E-state index in [0.717, 1.165) is 19.5 Å². The molecule has 17 heavy (non-hydrogen) atoms. The van der Waals surface area contributed by atoms with E-state index in [9.17, 15) is 0 Å². The standard InChI is InChI=1S/C11H20N4O2/c1-12-6-5-7-15(2)11-13-9(16-3)8-10(14-11)17-4/h8,12H,5-7H2,1-4H3. The third-order valence-corrected chi connectivity index (χ3v) is 2.35. The van der Waals surface area contributed by atoms with Gasteiger partial charge in [0.2, 0.25) is 17.7 Å². The average molecular weight is 240 g/mol.